The summed E-state index contributed by atoms with van der Waals surface area (Å²) in [4.78, 5) is 24.8. The molecule has 0 fully saturated rings. The van der Waals surface area contributed by atoms with Crippen LogP contribution >= 0.6 is 0 Å². The molecule has 1 aromatic carbocycles. The molecule has 0 N–H and O–H groups in total. The first-order valence-electron chi connectivity index (χ1n) is 6.31. The van der Waals surface area contributed by atoms with E-state index in [1.165, 1.54) is 22.0 Å². The van der Waals surface area contributed by atoms with Gasteiger partial charge >= 0.3 is 0 Å². The molecule has 0 saturated heterocycles. The van der Waals surface area contributed by atoms with E-state index in [9.17, 15) is 14.0 Å². The van der Waals surface area contributed by atoms with Crippen LogP contribution in [0.15, 0.2) is 29.4 Å². The lowest BCUT2D eigenvalue weighted by Gasteiger charge is -2.24. The molecule has 0 radical (unpaired) electrons. The van der Waals surface area contributed by atoms with Crippen LogP contribution in [0.4, 0.5) is 4.39 Å². The van der Waals surface area contributed by atoms with E-state index in [4.69, 9.17) is 0 Å². The molecule has 0 atom stereocenters. The highest BCUT2D eigenvalue weighted by Gasteiger charge is 2.23. The lowest BCUT2D eigenvalue weighted by atomic mass is 10.0. The van der Waals surface area contributed by atoms with E-state index in [1.54, 1.807) is 26.2 Å². The van der Waals surface area contributed by atoms with Crippen LogP contribution in [-0.2, 0) is 9.59 Å². The van der Waals surface area contributed by atoms with Crippen molar-refractivity contribution in [3.05, 3.63) is 35.6 Å². The molecule has 106 valence electrons. The van der Waals surface area contributed by atoms with Gasteiger partial charge in [0.15, 0.2) is 0 Å². The summed E-state index contributed by atoms with van der Waals surface area (Å²) in [6.07, 6.45) is 0.800. The average molecular weight is 277 g/mol. The molecular formula is C14H16FN3O2. The Balaban J connectivity index is 2.20. The van der Waals surface area contributed by atoms with E-state index in [0.717, 1.165) is 5.56 Å². The summed E-state index contributed by atoms with van der Waals surface area (Å²) in [5.41, 5.74) is 1.46. The quantitative estimate of drug-likeness (QED) is 0.834. The lowest BCUT2D eigenvalue weighted by molar-refractivity contribution is -0.139. The summed E-state index contributed by atoms with van der Waals surface area (Å²) < 4.78 is 12.9. The van der Waals surface area contributed by atoms with E-state index in [0.29, 0.717) is 18.6 Å². The number of amides is 2. The van der Waals surface area contributed by atoms with Gasteiger partial charge in [-0.1, -0.05) is 12.1 Å². The SMILES string of the molecule is CN(C)C(=O)CN1N=C(c2ccc(F)cc2)CCC1=O. The van der Waals surface area contributed by atoms with Gasteiger partial charge in [-0.25, -0.2) is 9.40 Å². The smallest absolute Gasteiger partial charge is 0.243 e. The Labute approximate surface area is 116 Å². The molecule has 5 nitrogen and oxygen atoms in total. The van der Waals surface area contributed by atoms with Gasteiger partial charge in [0.1, 0.15) is 12.4 Å². The van der Waals surface area contributed by atoms with E-state index in [1.807, 2.05) is 0 Å². The van der Waals surface area contributed by atoms with Crippen molar-refractivity contribution in [3.63, 3.8) is 0 Å². The van der Waals surface area contributed by atoms with Gasteiger partial charge in [0.2, 0.25) is 11.8 Å². The molecular weight excluding hydrogens is 261 g/mol. The molecule has 1 aromatic rings. The van der Waals surface area contributed by atoms with Crippen molar-refractivity contribution >= 4 is 17.5 Å². The molecule has 2 rings (SSSR count). The average Bonchev–Trinajstić information content (AvgIpc) is 2.42. The third-order valence-electron chi connectivity index (χ3n) is 3.07. The van der Waals surface area contributed by atoms with Crippen LogP contribution in [0.1, 0.15) is 18.4 Å². The molecule has 0 bridgehead atoms. The van der Waals surface area contributed by atoms with Crippen molar-refractivity contribution in [2.45, 2.75) is 12.8 Å². The van der Waals surface area contributed by atoms with E-state index in [2.05, 4.69) is 5.10 Å². The van der Waals surface area contributed by atoms with Crippen LogP contribution in [0, 0.1) is 5.82 Å². The van der Waals surface area contributed by atoms with E-state index >= 15 is 0 Å². The Bertz CT molecular complexity index is 552. The van der Waals surface area contributed by atoms with Gasteiger partial charge in [0.25, 0.3) is 0 Å². The summed E-state index contributed by atoms with van der Waals surface area (Å²) in [5, 5.41) is 5.40. The van der Waals surface area contributed by atoms with E-state index in [-0.39, 0.29) is 24.2 Å². The van der Waals surface area contributed by atoms with Crippen LogP contribution < -0.4 is 0 Å². The number of carbonyl (C=O) groups excluding carboxylic acids is 2. The van der Waals surface area contributed by atoms with Gasteiger partial charge in [-0.15, -0.1) is 0 Å². The summed E-state index contributed by atoms with van der Waals surface area (Å²) in [7, 11) is 3.25. The fourth-order valence-electron chi connectivity index (χ4n) is 1.84. The maximum absolute atomic E-state index is 12.9. The van der Waals surface area contributed by atoms with Gasteiger partial charge in [-0.2, -0.15) is 5.10 Å². The zero-order valence-electron chi connectivity index (χ0n) is 11.5. The maximum Gasteiger partial charge on any atom is 0.243 e. The fraction of sp³-hybridized carbons (Fsp3) is 0.357. The van der Waals surface area contributed by atoms with Crippen molar-refractivity contribution in [3.8, 4) is 0 Å². The first kappa shape index (κ1) is 14.2. The summed E-state index contributed by atoms with van der Waals surface area (Å²) in [6.45, 7) is -0.0729. The number of hydrazone groups is 1. The van der Waals surface area contributed by atoms with E-state index < -0.39 is 0 Å². The summed E-state index contributed by atoms with van der Waals surface area (Å²) >= 11 is 0. The third kappa shape index (κ3) is 3.20. The Hall–Kier alpha value is -2.24. The monoisotopic (exact) mass is 277 g/mol. The number of benzene rings is 1. The Morgan fingerprint density at radius 2 is 1.95 bits per heavy atom. The normalized spacial score (nSPS) is 15.1. The van der Waals surface area contributed by atoms with Crippen molar-refractivity contribution in [2.75, 3.05) is 20.6 Å². The molecule has 1 heterocycles. The Morgan fingerprint density at radius 1 is 1.30 bits per heavy atom. The highest BCUT2D eigenvalue weighted by molar-refractivity contribution is 6.04. The van der Waals surface area contributed by atoms with Crippen LogP contribution in [-0.4, -0.2) is 48.1 Å². The minimum Gasteiger partial charge on any atom is -0.347 e. The molecule has 1 aliphatic heterocycles. The molecule has 1 aliphatic rings. The molecule has 0 aliphatic carbocycles. The minimum absolute atomic E-state index is 0.0729. The van der Waals surface area contributed by atoms with Crippen LogP contribution in [0.5, 0.6) is 0 Å². The van der Waals surface area contributed by atoms with Gasteiger partial charge in [0, 0.05) is 26.9 Å². The highest BCUT2D eigenvalue weighted by atomic mass is 19.1. The number of carbonyl (C=O) groups is 2. The number of nitrogens with zero attached hydrogens (tertiary/aromatic N) is 3. The van der Waals surface area contributed by atoms with Gasteiger partial charge in [0.05, 0.1) is 5.71 Å². The highest BCUT2D eigenvalue weighted by Crippen LogP contribution is 2.15. The zero-order valence-corrected chi connectivity index (χ0v) is 11.5. The van der Waals surface area contributed by atoms with Crippen LogP contribution in [0.25, 0.3) is 0 Å². The molecule has 2 amide bonds. The first-order valence-corrected chi connectivity index (χ1v) is 6.31. The van der Waals surface area contributed by atoms with Crippen molar-refractivity contribution < 1.29 is 14.0 Å². The topological polar surface area (TPSA) is 53.0 Å². The predicted octanol–water partition coefficient (Wildman–Crippen LogP) is 1.24. The first-order chi connectivity index (χ1) is 9.47. The number of halogens is 1. The molecule has 20 heavy (non-hydrogen) atoms. The number of hydrogen-bond donors (Lipinski definition) is 0. The van der Waals surface area contributed by atoms with Crippen molar-refractivity contribution in [2.24, 2.45) is 5.10 Å². The molecule has 0 saturated carbocycles. The van der Waals surface area contributed by atoms with Crippen LogP contribution in [0.3, 0.4) is 0 Å². The number of rotatable bonds is 3. The molecule has 0 spiro atoms. The Morgan fingerprint density at radius 3 is 2.55 bits per heavy atom. The Kier molecular flexibility index (Phi) is 4.12. The van der Waals surface area contributed by atoms with Crippen molar-refractivity contribution in [1.82, 2.24) is 9.91 Å². The van der Waals surface area contributed by atoms with Gasteiger partial charge in [-0.05, 0) is 17.7 Å². The zero-order chi connectivity index (χ0) is 14.7. The molecule has 6 heteroatoms. The number of likely N-dealkylation sites (N-methyl/N-ethyl adjacent to an activating group) is 1. The molecule has 0 unspecified atom stereocenters. The second-order valence-corrected chi connectivity index (χ2v) is 4.79. The fourth-order valence-corrected chi connectivity index (χ4v) is 1.84. The third-order valence-corrected chi connectivity index (χ3v) is 3.07. The largest absolute Gasteiger partial charge is 0.347 e. The standard InChI is InChI=1S/C14H16FN3O2/c1-17(2)14(20)9-18-13(19)8-7-12(16-18)10-3-5-11(15)6-4-10/h3-6H,7-9H2,1-2H3. The second kappa shape index (κ2) is 5.81. The van der Waals surface area contributed by atoms with Crippen molar-refractivity contribution in [1.29, 1.82) is 0 Å². The lowest BCUT2D eigenvalue weighted by Crippen LogP contribution is -2.40. The molecule has 0 aromatic heterocycles. The second-order valence-electron chi connectivity index (χ2n) is 4.79. The predicted molar refractivity (Wildman–Crippen MR) is 72.6 cm³/mol. The van der Waals surface area contributed by atoms with Crippen LogP contribution in [0.2, 0.25) is 0 Å². The number of hydrogen-bond acceptors (Lipinski definition) is 3. The summed E-state index contributed by atoms with van der Waals surface area (Å²) in [5.74, 6) is -0.686. The van der Waals surface area contributed by atoms with Gasteiger partial charge < -0.3 is 4.90 Å². The maximum atomic E-state index is 12.9. The summed E-state index contributed by atoms with van der Waals surface area (Å²) in [6, 6.07) is 5.94. The minimum atomic E-state index is -0.319. The van der Waals surface area contributed by atoms with Gasteiger partial charge in [-0.3, -0.25) is 9.59 Å².